The van der Waals surface area contributed by atoms with Crippen molar-refractivity contribution in [3.63, 3.8) is 0 Å². The molecule has 2 fully saturated rings. The van der Waals surface area contributed by atoms with Crippen molar-refractivity contribution in [2.45, 2.75) is 37.4 Å². The largest absolute Gasteiger partial charge is 0.469 e. The zero-order chi connectivity index (χ0) is 15.6. The van der Waals surface area contributed by atoms with E-state index in [0.717, 1.165) is 0 Å². The van der Waals surface area contributed by atoms with Gasteiger partial charge < -0.3 is 10.5 Å². The summed E-state index contributed by atoms with van der Waals surface area (Å²) in [6, 6.07) is 0. The van der Waals surface area contributed by atoms with Gasteiger partial charge in [0.2, 0.25) is 15.9 Å². The Morgan fingerprint density at radius 2 is 1.81 bits per heavy atom. The lowest BCUT2D eigenvalue weighted by Crippen LogP contribution is -2.49. The van der Waals surface area contributed by atoms with Gasteiger partial charge in [0.15, 0.2) is 0 Å². The number of piperidine rings is 1. The van der Waals surface area contributed by atoms with E-state index in [9.17, 15) is 18.0 Å². The number of hydrogen-bond donors (Lipinski definition) is 1. The number of nitrogens with zero attached hydrogens (tertiary/aromatic N) is 1. The van der Waals surface area contributed by atoms with E-state index in [4.69, 9.17) is 5.73 Å². The van der Waals surface area contributed by atoms with Gasteiger partial charge in [0.25, 0.3) is 0 Å². The third-order valence-electron chi connectivity index (χ3n) is 4.47. The maximum Gasteiger partial charge on any atom is 0.308 e. The predicted octanol–water partition coefficient (Wildman–Crippen LogP) is -0.145. The molecule has 1 heterocycles. The van der Waals surface area contributed by atoms with Gasteiger partial charge in [-0.15, -0.1) is 0 Å². The Morgan fingerprint density at radius 1 is 1.24 bits per heavy atom. The molecule has 0 aromatic heterocycles. The highest BCUT2D eigenvalue weighted by Crippen LogP contribution is 2.36. The number of sulfonamides is 1. The van der Waals surface area contributed by atoms with Crippen molar-refractivity contribution in [1.29, 1.82) is 0 Å². The number of methoxy groups -OCH3 is 1. The first-order chi connectivity index (χ1) is 9.84. The molecule has 120 valence electrons. The smallest absolute Gasteiger partial charge is 0.308 e. The summed E-state index contributed by atoms with van der Waals surface area (Å²) < 4.78 is 31.0. The van der Waals surface area contributed by atoms with Crippen LogP contribution in [0, 0.1) is 11.8 Å². The Kier molecular flexibility index (Phi) is 4.88. The molecule has 1 saturated heterocycles. The van der Waals surface area contributed by atoms with Crippen molar-refractivity contribution in [3.05, 3.63) is 0 Å². The van der Waals surface area contributed by atoms with Gasteiger partial charge in [0.05, 0.1) is 18.3 Å². The van der Waals surface area contributed by atoms with Crippen molar-refractivity contribution in [2.75, 3.05) is 20.2 Å². The molecule has 0 bridgehead atoms. The van der Waals surface area contributed by atoms with E-state index in [1.807, 2.05) is 0 Å². The van der Waals surface area contributed by atoms with E-state index >= 15 is 0 Å². The average Bonchev–Trinajstić information content (AvgIpc) is 2.36. The molecule has 1 saturated carbocycles. The molecule has 1 aliphatic heterocycles. The molecular weight excluding hydrogens is 296 g/mol. The summed E-state index contributed by atoms with van der Waals surface area (Å²) >= 11 is 0. The minimum Gasteiger partial charge on any atom is -0.469 e. The van der Waals surface area contributed by atoms with Crippen molar-refractivity contribution >= 4 is 21.9 Å². The van der Waals surface area contributed by atoms with Gasteiger partial charge in [-0.1, -0.05) is 0 Å². The number of carbonyl (C=O) groups is 2. The number of primary amides is 1. The van der Waals surface area contributed by atoms with Gasteiger partial charge in [-0.3, -0.25) is 9.59 Å². The molecule has 0 radical (unpaired) electrons. The molecular formula is C13H22N2O5S. The topological polar surface area (TPSA) is 107 Å². The molecule has 0 unspecified atom stereocenters. The summed E-state index contributed by atoms with van der Waals surface area (Å²) in [5.41, 5.74) is 5.16. The third kappa shape index (κ3) is 3.55. The maximum absolute atomic E-state index is 12.4. The SMILES string of the molecule is COC(=O)C1CC(S(=O)(=O)N2CCC(CC(N)=O)CC2)C1. The van der Waals surface area contributed by atoms with Crippen molar-refractivity contribution < 1.29 is 22.7 Å². The Balaban J connectivity index is 1.85. The molecule has 2 rings (SSSR count). The Morgan fingerprint density at radius 3 is 2.29 bits per heavy atom. The van der Waals surface area contributed by atoms with Crippen molar-refractivity contribution in [3.8, 4) is 0 Å². The summed E-state index contributed by atoms with van der Waals surface area (Å²) in [7, 11) is -2.03. The maximum atomic E-state index is 12.4. The third-order valence-corrected chi connectivity index (χ3v) is 6.79. The number of ether oxygens (including phenoxy) is 1. The van der Waals surface area contributed by atoms with Crippen LogP contribution in [0.5, 0.6) is 0 Å². The predicted molar refractivity (Wildman–Crippen MR) is 75.6 cm³/mol. The van der Waals surface area contributed by atoms with Crippen LogP contribution in [0.1, 0.15) is 32.1 Å². The van der Waals surface area contributed by atoms with Gasteiger partial charge >= 0.3 is 5.97 Å². The number of carbonyl (C=O) groups excluding carboxylic acids is 2. The molecule has 21 heavy (non-hydrogen) atoms. The lowest BCUT2D eigenvalue weighted by atomic mass is 9.85. The fourth-order valence-electron chi connectivity index (χ4n) is 3.03. The zero-order valence-corrected chi connectivity index (χ0v) is 13.0. The highest BCUT2D eigenvalue weighted by atomic mass is 32.2. The number of amides is 1. The van der Waals surface area contributed by atoms with E-state index in [-0.39, 0.29) is 23.7 Å². The molecule has 0 spiro atoms. The van der Waals surface area contributed by atoms with E-state index in [1.54, 1.807) is 0 Å². The molecule has 7 nitrogen and oxygen atoms in total. The fourth-order valence-corrected chi connectivity index (χ4v) is 5.12. The first kappa shape index (κ1) is 16.2. The number of rotatable bonds is 5. The van der Waals surface area contributed by atoms with Crippen LogP contribution < -0.4 is 5.73 Å². The normalized spacial score (nSPS) is 27.9. The van der Waals surface area contributed by atoms with Crippen LogP contribution in [0.25, 0.3) is 0 Å². The summed E-state index contributed by atoms with van der Waals surface area (Å²) in [6.07, 6.45) is 2.33. The first-order valence-electron chi connectivity index (χ1n) is 7.19. The lowest BCUT2D eigenvalue weighted by Gasteiger charge is -2.38. The molecule has 0 aromatic rings. The molecule has 0 atom stereocenters. The molecule has 8 heteroatoms. The van der Waals surface area contributed by atoms with Gasteiger partial charge in [-0.25, -0.2) is 12.7 Å². The molecule has 2 aliphatic rings. The van der Waals surface area contributed by atoms with Crippen LogP contribution >= 0.6 is 0 Å². The molecule has 2 N–H and O–H groups in total. The van der Waals surface area contributed by atoms with Gasteiger partial charge in [0.1, 0.15) is 0 Å². The zero-order valence-electron chi connectivity index (χ0n) is 12.2. The van der Waals surface area contributed by atoms with E-state index < -0.39 is 15.3 Å². The molecule has 0 aromatic carbocycles. The highest BCUT2D eigenvalue weighted by molar-refractivity contribution is 7.89. The van der Waals surface area contributed by atoms with Gasteiger partial charge in [-0.2, -0.15) is 0 Å². The van der Waals surface area contributed by atoms with Crippen LogP contribution in [0.3, 0.4) is 0 Å². The second-order valence-electron chi connectivity index (χ2n) is 5.87. The summed E-state index contributed by atoms with van der Waals surface area (Å²) in [4.78, 5) is 22.2. The van der Waals surface area contributed by atoms with Crippen LogP contribution in [0.4, 0.5) is 0 Å². The Bertz CT molecular complexity index is 505. The Labute approximate surface area is 124 Å². The van der Waals surface area contributed by atoms with Crippen LogP contribution in [-0.4, -0.2) is 50.0 Å². The minimum atomic E-state index is -3.34. The molecule has 1 aliphatic carbocycles. The quantitative estimate of drug-likeness (QED) is 0.710. The van der Waals surface area contributed by atoms with Crippen LogP contribution in [-0.2, 0) is 24.3 Å². The standard InChI is InChI=1S/C13H22N2O5S/c1-20-13(17)10-7-11(8-10)21(18,19)15-4-2-9(3-5-15)6-12(14)16/h9-11H,2-8H2,1H3,(H2,14,16). The monoisotopic (exact) mass is 318 g/mol. The highest BCUT2D eigenvalue weighted by Gasteiger charge is 2.45. The van der Waals surface area contributed by atoms with Crippen LogP contribution in [0.2, 0.25) is 0 Å². The minimum absolute atomic E-state index is 0.179. The van der Waals surface area contributed by atoms with Crippen LogP contribution in [0.15, 0.2) is 0 Å². The summed E-state index contributed by atoms with van der Waals surface area (Å²) in [5.74, 6) is -0.779. The molecule has 1 amide bonds. The fraction of sp³-hybridized carbons (Fsp3) is 0.846. The Hall–Kier alpha value is -1.15. The van der Waals surface area contributed by atoms with Gasteiger partial charge in [0, 0.05) is 19.5 Å². The number of esters is 1. The van der Waals surface area contributed by atoms with E-state index in [2.05, 4.69) is 4.74 Å². The van der Waals surface area contributed by atoms with Crippen molar-refractivity contribution in [1.82, 2.24) is 4.31 Å². The van der Waals surface area contributed by atoms with Gasteiger partial charge in [-0.05, 0) is 31.6 Å². The number of nitrogens with two attached hydrogens (primary N) is 1. The average molecular weight is 318 g/mol. The lowest BCUT2D eigenvalue weighted by molar-refractivity contribution is -0.148. The van der Waals surface area contributed by atoms with E-state index in [0.29, 0.717) is 45.2 Å². The van der Waals surface area contributed by atoms with Crippen molar-refractivity contribution in [2.24, 2.45) is 17.6 Å². The second-order valence-corrected chi connectivity index (χ2v) is 8.08. The second kappa shape index (κ2) is 6.31. The summed E-state index contributed by atoms with van der Waals surface area (Å²) in [6.45, 7) is 0.860. The number of hydrogen-bond acceptors (Lipinski definition) is 5. The van der Waals surface area contributed by atoms with E-state index in [1.165, 1.54) is 11.4 Å². The first-order valence-corrected chi connectivity index (χ1v) is 8.70. The summed E-state index contributed by atoms with van der Waals surface area (Å²) in [5, 5.41) is -0.478.